The summed E-state index contributed by atoms with van der Waals surface area (Å²) in [5, 5.41) is 0.916. The van der Waals surface area contributed by atoms with Crippen LogP contribution in [-0.4, -0.2) is 24.2 Å². The molecule has 3 rings (SSSR count). The minimum Gasteiger partial charge on any atom is -0.490 e. The van der Waals surface area contributed by atoms with E-state index < -0.39 is 0 Å². The molecule has 1 aliphatic carbocycles. The Labute approximate surface area is 134 Å². The molecule has 1 aliphatic rings. The second-order valence-electron chi connectivity index (χ2n) is 6.06. The monoisotopic (exact) mass is 319 g/mol. The molecule has 1 aromatic carbocycles. The molecule has 1 aromatic heterocycles. The quantitative estimate of drug-likeness (QED) is 0.643. The van der Waals surface area contributed by atoms with Gasteiger partial charge in [-0.05, 0) is 30.5 Å². The minimum atomic E-state index is -0.0628. The Morgan fingerprint density at radius 2 is 2.14 bits per heavy atom. The first-order chi connectivity index (χ1) is 10.6. The lowest BCUT2D eigenvalue weighted by atomic mass is 9.90. The van der Waals surface area contributed by atoms with Crippen LogP contribution in [0.4, 0.5) is 0 Å². The SMILES string of the molecule is CSN[C@H]1C[C@@H](Oc2ccc3oc(C(=O)C(C)C)cc3c2)C1. The van der Waals surface area contributed by atoms with E-state index in [1.807, 2.05) is 44.4 Å². The molecule has 0 spiro atoms. The summed E-state index contributed by atoms with van der Waals surface area (Å²) in [6.45, 7) is 3.75. The topological polar surface area (TPSA) is 51.5 Å². The van der Waals surface area contributed by atoms with Gasteiger partial charge in [0.15, 0.2) is 5.76 Å². The molecule has 0 saturated heterocycles. The van der Waals surface area contributed by atoms with Crippen LogP contribution in [0.2, 0.25) is 0 Å². The van der Waals surface area contributed by atoms with Crippen LogP contribution in [0.3, 0.4) is 0 Å². The minimum absolute atomic E-state index is 0.0312. The number of ether oxygens (including phenoxy) is 1. The molecular formula is C17H21NO3S. The van der Waals surface area contributed by atoms with Gasteiger partial charge in [0.25, 0.3) is 0 Å². The highest BCUT2D eigenvalue weighted by atomic mass is 32.2. The van der Waals surface area contributed by atoms with Crippen molar-refractivity contribution in [2.75, 3.05) is 6.26 Å². The second-order valence-corrected chi connectivity index (χ2v) is 6.70. The highest BCUT2D eigenvalue weighted by Crippen LogP contribution is 2.30. The molecular weight excluding hydrogens is 298 g/mol. The fourth-order valence-electron chi connectivity index (χ4n) is 2.62. The fourth-order valence-corrected chi connectivity index (χ4v) is 3.14. The van der Waals surface area contributed by atoms with Gasteiger partial charge >= 0.3 is 0 Å². The molecule has 0 atom stereocenters. The number of ketones is 1. The zero-order chi connectivity index (χ0) is 15.7. The molecule has 0 bridgehead atoms. The summed E-state index contributed by atoms with van der Waals surface area (Å²) in [5.41, 5.74) is 0.729. The molecule has 2 aromatic rings. The number of fused-ring (bicyclic) bond motifs is 1. The molecule has 118 valence electrons. The predicted octanol–water partition coefficient (Wildman–Crippen LogP) is 4.05. The molecule has 0 radical (unpaired) electrons. The van der Waals surface area contributed by atoms with Crippen LogP contribution >= 0.6 is 11.9 Å². The summed E-state index contributed by atoms with van der Waals surface area (Å²) < 4.78 is 14.9. The highest BCUT2D eigenvalue weighted by Gasteiger charge is 2.30. The molecule has 1 fully saturated rings. The lowest BCUT2D eigenvalue weighted by molar-refractivity contribution is 0.0913. The third kappa shape index (κ3) is 3.15. The smallest absolute Gasteiger partial charge is 0.200 e. The van der Waals surface area contributed by atoms with Crippen molar-refractivity contribution in [1.29, 1.82) is 0 Å². The summed E-state index contributed by atoms with van der Waals surface area (Å²) in [5.74, 6) is 1.23. The lowest BCUT2D eigenvalue weighted by Gasteiger charge is -2.35. The van der Waals surface area contributed by atoms with Gasteiger partial charge in [-0.1, -0.05) is 25.8 Å². The van der Waals surface area contributed by atoms with Crippen LogP contribution in [0.5, 0.6) is 5.75 Å². The zero-order valence-corrected chi connectivity index (χ0v) is 13.9. The molecule has 0 aliphatic heterocycles. The number of hydrogen-bond acceptors (Lipinski definition) is 5. The average molecular weight is 319 g/mol. The molecule has 1 heterocycles. The summed E-state index contributed by atoms with van der Waals surface area (Å²) >= 11 is 1.65. The molecule has 22 heavy (non-hydrogen) atoms. The van der Waals surface area contributed by atoms with E-state index in [1.165, 1.54) is 0 Å². The first-order valence-corrected chi connectivity index (χ1v) is 8.82. The number of Topliss-reactive ketones (excluding diaryl/α,β-unsaturated/α-hetero) is 1. The average Bonchev–Trinajstić information content (AvgIpc) is 2.87. The zero-order valence-electron chi connectivity index (χ0n) is 13.1. The fraction of sp³-hybridized carbons (Fsp3) is 0.471. The van der Waals surface area contributed by atoms with Crippen LogP contribution in [0.1, 0.15) is 37.2 Å². The maximum Gasteiger partial charge on any atom is 0.200 e. The molecule has 0 amide bonds. The van der Waals surface area contributed by atoms with Gasteiger partial charge in [-0.3, -0.25) is 9.52 Å². The Kier molecular flexibility index (Phi) is 4.45. The van der Waals surface area contributed by atoms with Gasteiger partial charge in [-0.25, -0.2) is 0 Å². The van der Waals surface area contributed by atoms with Crippen LogP contribution < -0.4 is 9.46 Å². The predicted molar refractivity (Wildman–Crippen MR) is 89.5 cm³/mol. The van der Waals surface area contributed by atoms with E-state index in [2.05, 4.69) is 4.72 Å². The van der Waals surface area contributed by atoms with E-state index in [0.717, 1.165) is 29.6 Å². The van der Waals surface area contributed by atoms with Crippen molar-refractivity contribution in [1.82, 2.24) is 4.72 Å². The van der Waals surface area contributed by atoms with E-state index >= 15 is 0 Å². The van der Waals surface area contributed by atoms with Gasteiger partial charge in [-0.2, -0.15) is 0 Å². The number of nitrogens with one attached hydrogen (secondary N) is 1. The number of carbonyl (C=O) groups is 1. The van der Waals surface area contributed by atoms with Crippen LogP contribution in [-0.2, 0) is 0 Å². The largest absolute Gasteiger partial charge is 0.490 e. The van der Waals surface area contributed by atoms with Gasteiger partial charge in [0.05, 0.1) is 0 Å². The van der Waals surface area contributed by atoms with Gasteiger partial charge in [0, 0.05) is 30.2 Å². The van der Waals surface area contributed by atoms with Crippen molar-refractivity contribution in [2.24, 2.45) is 5.92 Å². The molecule has 4 nitrogen and oxygen atoms in total. The summed E-state index contributed by atoms with van der Waals surface area (Å²) in [7, 11) is 0. The van der Waals surface area contributed by atoms with Crippen LogP contribution in [0, 0.1) is 5.92 Å². The van der Waals surface area contributed by atoms with E-state index in [1.54, 1.807) is 11.9 Å². The number of rotatable bonds is 6. The number of carbonyl (C=O) groups excluding carboxylic acids is 1. The maximum absolute atomic E-state index is 12.0. The number of hydrogen-bond donors (Lipinski definition) is 1. The summed E-state index contributed by atoms with van der Waals surface area (Å²) in [6.07, 6.45) is 4.37. The normalized spacial score (nSPS) is 21.1. The van der Waals surface area contributed by atoms with Crippen LogP contribution in [0.25, 0.3) is 11.0 Å². The van der Waals surface area contributed by atoms with Gasteiger partial charge in [-0.15, -0.1) is 0 Å². The standard InChI is InChI=1S/C17H21NO3S/c1-10(2)17(19)16-7-11-6-13(4-5-15(11)21-16)20-14-8-12(9-14)18-22-3/h4-7,10,12,14,18H,8-9H2,1-3H3/t12-,14+. The van der Waals surface area contributed by atoms with Gasteiger partial charge in [0.2, 0.25) is 5.78 Å². The molecule has 0 unspecified atom stereocenters. The molecule has 1 N–H and O–H groups in total. The summed E-state index contributed by atoms with van der Waals surface area (Å²) in [6, 6.07) is 8.09. The summed E-state index contributed by atoms with van der Waals surface area (Å²) in [4.78, 5) is 12.0. The van der Waals surface area contributed by atoms with E-state index in [-0.39, 0.29) is 17.8 Å². The van der Waals surface area contributed by atoms with E-state index in [9.17, 15) is 4.79 Å². The Hall–Kier alpha value is -1.46. The Balaban J connectivity index is 1.69. The first kappa shape index (κ1) is 15.4. The Bertz CT molecular complexity index is 674. The van der Waals surface area contributed by atoms with Crippen molar-refractivity contribution in [3.05, 3.63) is 30.0 Å². The second kappa shape index (κ2) is 6.34. The highest BCUT2D eigenvalue weighted by molar-refractivity contribution is 7.96. The van der Waals surface area contributed by atoms with Crippen molar-refractivity contribution >= 4 is 28.7 Å². The van der Waals surface area contributed by atoms with Crippen molar-refractivity contribution in [3.8, 4) is 5.75 Å². The number of furan rings is 1. The van der Waals surface area contributed by atoms with E-state index in [0.29, 0.717) is 11.8 Å². The Morgan fingerprint density at radius 3 is 2.82 bits per heavy atom. The molecule has 1 saturated carbocycles. The third-order valence-corrected chi connectivity index (χ3v) is 4.51. The van der Waals surface area contributed by atoms with Crippen molar-refractivity contribution < 1.29 is 13.9 Å². The number of benzene rings is 1. The lowest BCUT2D eigenvalue weighted by Crippen LogP contribution is -2.44. The van der Waals surface area contributed by atoms with Crippen molar-refractivity contribution in [2.45, 2.75) is 38.8 Å². The Morgan fingerprint density at radius 1 is 1.36 bits per heavy atom. The van der Waals surface area contributed by atoms with E-state index in [4.69, 9.17) is 9.15 Å². The van der Waals surface area contributed by atoms with Crippen LogP contribution in [0.15, 0.2) is 28.7 Å². The third-order valence-electron chi connectivity index (χ3n) is 3.94. The maximum atomic E-state index is 12.0. The first-order valence-electron chi connectivity index (χ1n) is 7.59. The molecule has 5 heteroatoms. The van der Waals surface area contributed by atoms with Gasteiger partial charge < -0.3 is 9.15 Å². The van der Waals surface area contributed by atoms with Crippen molar-refractivity contribution in [3.63, 3.8) is 0 Å². The van der Waals surface area contributed by atoms with Gasteiger partial charge in [0.1, 0.15) is 17.4 Å².